The van der Waals surface area contributed by atoms with Gasteiger partial charge in [-0.1, -0.05) is 18.2 Å². The van der Waals surface area contributed by atoms with Crippen molar-refractivity contribution in [3.05, 3.63) is 51.7 Å². The van der Waals surface area contributed by atoms with E-state index in [1.807, 2.05) is 6.07 Å². The summed E-state index contributed by atoms with van der Waals surface area (Å²) in [6.07, 6.45) is 2.07. The topological polar surface area (TPSA) is 35.2 Å². The van der Waals surface area contributed by atoms with Crippen LogP contribution in [0.5, 0.6) is 5.75 Å². The van der Waals surface area contributed by atoms with Crippen molar-refractivity contribution in [2.45, 2.75) is 31.7 Å². The molecule has 2 N–H and O–H groups in total. The standard InChI is InChI=1S/C16H19NOS/c1-11-7-9-19-16(11)14(17)10-12-6-8-18-15-5-3-2-4-13(12)15/h2-5,7,9,12,14H,6,8,10,17H2,1H3. The van der Waals surface area contributed by atoms with Gasteiger partial charge >= 0.3 is 0 Å². The maximum absolute atomic E-state index is 6.40. The van der Waals surface area contributed by atoms with E-state index >= 15 is 0 Å². The lowest BCUT2D eigenvalue weighted by Gasteiger charge is -2.27. The first kappa shape index (κ1) is 12.7. The first-order chi connectivity index (χ1) is 9.25. The van der Waals surface area contributed by atoms with Gasteiger partial charge in [-0.25, -0.2) is 0 Å². The van der Waals surface area contributed by atoms with Crippen LogP contribution in [0.15, 0.2) is 35.7 Å². The van der Waals surface area contributed by atoms with Gasteiger partial charge in [-0.05, 0) is 54.3 Å². The SMILES string of the molecule is Cc1ccsc1C(N)CC1CCOc2ccccc21. The third kappa shape index (κ3) is 2.53. The summed E-state index contributed by atoms with van der Waals surface area (Å²) in [6, 6.07) is 10.6. The van der Waals surface area contributed by atoms with Gasteiger partial charge in [0.1, 0.15) is 5.75 Å². The maximum atomic E-state index is 6.40. The molecule has 1 aromatic carbocycles. The van der Waals surface area contributed by atoms with Crippen molar-refractivity contribution in [3.8, 4) is 5.75 Å². The molecule has 19 heavy (non-hydrogen) atoms. The molecule has 3 heteroatoms. The summed E-state index contributed by atoms with van der Waals surface area (Å²) in [5, 5.41) is 2.13. The van der Waals surface area contributed by atoms with E-state index < -0.39 is 0 Å². The smallest absolute Gasteiger partial charge is 0.122 e. The zero-order valence-corrected chi connectivity index (χ0v) is 12.0. The maximum Gasteiger partial charge on any atom is 0.122 e. The average Bonchev–Trinajstić information content (AvgIpc) is 2.85. The van der Waals surface area contributed by atoms with Crippen LogP contribution in [0.2, 0.25) is 0 Å². The van der Waals surface area contributed by atoms with Crippen molar-refractivity contribution in [1.29, 1.82) is 0 Å². The largest absolute Gasteiger partial charge is 0.493 e. The van der Waals surface area contributed by atoms with Crippen LogP contribution in [0.3, 0.4) is 0 Å². The highest BCUT2D eigenvalue weighted by atomic mass is 32.1. The molecule has 0 saturated carbocycles. The van der Waals surface area contributed by atoms with Crippen LogP contribution in [0, 0.1) is 6.92 Å². The first-order valence-electron chi connectivity index (χ1n) is 6.77. The fraction of sp³-hybridized carbons (Fsp3) is 0.375. The lowest BCUT2D eigenvalue weighted by molar-refractivity contribution is 0.259. The number of thiophene rings is 1. The number of nitrogens with two attached hydrogens (primary N) is 1. The second kappa shape index (κ2) is 5.35. The summed E-state index contributed by atoms with van der Waals surface area (Å²) in [4.78, 5) is 1.32. The highest BCUT2D eigenvalue weighted by Gasteiger charge is 2.24. The molecule has 2 aromatic rings. The van der Waals surface area contributed by atoms with Crippen LogP contribution in [0.25, 0.3) is 0 Å². The predicted octanol–water partition coefficient (Wildman–Crippen LogP) is 4.01. The zero-order valence-electron chi connectivity index (χ0n) is 11.1. The van der Waals surface area contributed by atoms with Crippen molar-refractivity contribution in [3.63, 3.8) is 0 Å². The number of benzene rings is 1. The Morgan fingerprint density at radius 3 is 3.00 bits per heavy atom. The van der Waals surface area contributed by atoms with Crippen LogP contribution in [-0.2, 0) is 0 Å². The predicted molar refractivity (Wildman–Crippen MR) is 79.9 cm³/mol. The van der Waals surface area contributed by atoms with Gasteiger partial charge in [-0.2, -0.15) is 0 Å². The molecule has 0 bridgehead atoms. The van der Waals surface area contributed by atoms with Crippen LogP contribution < -0.4 is 10.5 Å². The van der Waals surface area contributed by atoms with Crippen LogP contribution in [-0.4, -0.2) is 6.61 Å². The lowest BCUT2D eigenvalue weighted by Crippen LogP contribution is -2.19. The van der Waals surface area contributed by atoms with Crippen molar-refractivity contribution >= 4 is 11.3 Å². The summed E-state index contributed by atoms with van der Waals surface area (Å²) in [7, 11) is 0. The Morgan fingerprint density at radius 2 is 2.21 bits per heavy atom. The monoisotopic (exact) mass is 273 g/mol. The van der Waals surface area contributed by atoms with E-state index in [4.69, 9.17) is 10.5 Å². The number of hydrogen-bond acceptors (Lipinski definition) is 3. The van der Waals surface area contributed by atoms with Gasteiger partial charge in [0.05, 0.1) is 6.61 Å². The lowest BCUT2D eigenvalue weighted by atomic mass is 9.87. The molecule has 1 aliphatic rings. The molecule has 2 unspecified atom stereocenters. The molecule has 2 atom stereocenters. The summed E-state index contributed by atoms with van der Waals surface area (Å²) < 4.78 is 5.71. The molecule has 0 aliphatic carbocycles. The van der Waals surface area contributed by atoms with Crippen molar-refractivity contribution in [1.82, 2.24) is 0 Å². The third-order valence-corrected chi connectivity index (χ3v) is 5.01. The molecule has 1 aliphatic heterocycles. The van der Waals surface area contributed by atoms with Crippen LogP contribution >= 0.6 is 11.3 Å². The Balaban J connectivity index is 1.80. The number of hydrogen-bond donors (Lipinski definition) is 1. The van der Waals surface area contributed by atoms with Crippen molar-refractivity contribution < 1.29 is 4.74 Å². The van der Waals surface area contributed by atoms with E-state index in [2.05, 4.69) is 36.6 Å². The van der Waals surface area contributed by atoms with E-state index in [1.165, 1.54) is 16.0 Å². The molecule has 2 heterocycles. The quantitative estimate of drug-likeness (QED) is 0.917. The Kier molecular flexibility index (Phi) is 3.58. The van der Waals surface area contributed by atoms with E-state index in [9.17, 15) is 0 Å². The second-order valence-corrected chi connectivity index (χ2v) is 6.13. The van der Waals surface area contributed by atoms with Gasteiger partial charge in [0, 0.05) is 10.9 Å². The van der Waals surface area contributed by atoms with Gasteiger partial charge in [0.25, 0.3) is 0 Å². The number of rotatable bonds is 3. The third-order valence-electron chi connectivity index (χ3n) is 3.86. The fourth-order valence-corrected chi connectivity index (χ4v) is 3.78. The average molecular weight is 273 g/mol. The molecule has 0 fully saturated rings. The van der Waals surface area contributed by atoms with Gasteiger partial charge in [-0.15, -0.1) is 11.3 Å². The Bertz CT molecular complexity index is 563. The van der Waals surface area contributed by atoms with Gasteiger partial charge in [0.2, 0.25) is 0 Å². The number of fused-ring (bicyclic) bond motifs is 1. The van der Waals surface area contributed by atoms with Gasteiger partial charge in [0.15, 0.2) is 0 Å². The minimum absolute atomic E-state index is 0.135. The highest BCUT2D eigenvalue weighted by molar-refractivity contribution is 7.10. The normalized spacial score (nSPS) is 19.6. The molecule has 100 valence electrons. The molecule has 3 rings (SSSR count). The minimum atomic E-state index is 0.135. The molecule has 0 saturated heterocycles. The van der Waals surface area contributed by atoms with E-state index in [0.717, 1.165) is 25.2 Å². The van der Waals surface area contributed by atoms with Crippen molar-refractivity contribution in [2.24, 2.45) is 5.73 Å². The van der Waals surface area contributed by atoms with Crippen molar-refractivity contribution in [2.75, 3.05) is 6.61 Å². The fourth-order valence-electron chi connectivity index (χ4n) is 2.84. The highest BCUT2D eigenvalue weighted by Crippen LogP contribution is 2.39. The zero-order chi connectivity index (χ0) is 13.2. The second-order valence-electron chi connectivity index (χ2n) is 5.18. The number of ether oxygens (including phenoxy) is 1. The summed E-state index contributed by atoms with van der Waals surface area (Å²) >= 11 is 1.77. The Labute approximate surface area is 118 Å². The molecular formula is C16H19NOS. The number of aryl methyl sites for hydroxylation is 1. The molecule has 0 radical (unpaired) electrons. The first-order valence-corrected chi connectivity index (χ1v) is 7.65. The van der Waals surface area contributed by atoms with Crippen LogP contribution in [0.4, 0.5) is 0 Å². The summed E-state index contributed by atoms with van der Waals surface area (Å²) in [5.41, 5.74) is 9.03. The Morgan fingerprint density at radius 1 is 1.37 bits per heavy atom. The molecule has 0 spiro atoms. The van der Waals surface area contributed by atoms with E-state index in [-0.39, 0.29) is 6.04 Å². The van der Waals surface area contributed by atoms with Crippen LogP contribution in [0.1, 0.15) is 40.8 Å². The summed E-state index contributed by atoms with van der Waals surface area (Å²) in [5.74, 6) is 1.55. The molecule has 0 amide bonds. The molecule has 1 aromatic heterocycles. The van der Waals surface area contributed by atoms with Gasteiger partial charge < -0.3 is 10.5 Å². The molecule has 2 nitrogen and oxygen atoms in total. The Hall–Kier alpha value is -1.32. The van der Waals surface area contributed by atoms with E-state index in [1.54, 1.807) is 11.3 Å². The van der Waals surface area contributed by atoms with Gasteiger partial charge in [-0.3, -0.25) is 0 Å². The van der Waals surface area contributed by atoms with E-state index in [0.29, 0.717) is 5.92 Å². The molecular weight excluding hydrogens is 254 g/mol. The summed E-state index contributed by atoms with van der Waals surface area (Å²) in [6.45, 7) is 2.95. The minimum Gasteiger partial charge on any atom is -0.493 e. The number of para-hydroxylation sites is 1.